The molecule has 0 aliphatic heterocycles. The predicted molar refractivity (Wildman–Crippen MR) is 358 cm³/mol. The van der Waals surface area contributed by atoms with Crippen molar-refractivity contribution in [1.82, 2.24) is 0 Å². The third kappa shape index (κ3) is 15.6. The average molecular weight is 1350 g/mol. The first-order valence-corrected chi connectivity index (χ1v) is 34.4. The van der Waals surface area contributed by atoms with Crippen LogP contribution in [0.5, 0.6) is 0 Å². The van der Waals surface area contributed by atoms with Gasteiger partial charge in [-0.15, -0.1) is 0 Å². The molecule has 20 heteroatoms. The molecule has 0 bridgehead atoms. The summed E-state index contributed by atoms with van der Waals surface area (Å²) in [7, 11) is 0. The van der Waals surface area contributed by atoms with Crippen LogP contribution in [-0.4, -0.2) is 72.9 Å². The summed E-state index contributed by atoms with van der Waals surface area (Å²) in [5.74, 6) is -3.07. The monoisotopic (exact) mass is 1340 g/mol. The van der Waals surface area contributed by atoms with Gasteiger partial charge in [0.1, 0.15) is 24.4 Å². The molecule has 0 radical (unpaired) electrons. The number of carbonyl (C=O) groups excluding carboxylic acids is 8. The fourth-order valence-electron chi connectivity index (χ4n) is 17.0. The highest BCUT2D eigenvalue weighted by atomic mass is 17.3. The second kappa shape index (κ2) is 31.1. The highest BCUT2D eigenvalue weighted by Crippen LogP contribution is 2.63. The zero-order chi connectivity index (χ0) is 71.4. The summed E-state index contributed by atoms with van der Waals surface area (Å²) in [5.41, 5.74) is 18.4. The number of ether oxygens (including phenoxy) is 4. The van der Waals surface area contributed by atoms with Gasteiger partial charge in [0.05, 0.1) is 22.3 Å². The van der Waals surface area contributed by atoms with Gasteiger partial charge in [-0.1, -0.05) is 0 Å². The quantitative estimate of drug-likeness (QED) is 0.0553. The molecule has 20 nitrogen and oxygen atoms in total. The molecule has 0 heterocycles. The number of rotatable bonds is 12. The molecule has 0 amide bonds. The van der Waals surface area contributed by atoms with E-state index in [2.05, 4.69) is 0 Å². The summed E-state index contributed by atoms with van der Waals surface area (Å²) >= 11 is 0. The van der Waals surface area contributed by atoms with E-state index in [0.29, 0.717) is 125 Å². The first-order chi connectivity index (χ1) is 45.7. The van der Waals surface area contributed by atoms with Crippen molar-refractivity contribution < 1.29 is 96.4 Å². The zero-order valence-electron chi connectivity index (χ0n) is 60.6. The van der Waals surface area contributed by atoms with E-state index >= 15 is 0 Å². The lowest BCUT2D eigenvalue weighted by atomic mass is 9.45. The van der Waals surface area contributed by atoms with E-state index in [1.807, 2.05) is 138 Å². The molecule has 0 unspecified atom stereocenters. The van der Waals surface area contributed by atoms with Gasteiger partial charge in [-0.05, 0) is 382 Å². The molecule has 4 fully saturated rings. The van der Waals surface area contributed by atoms with E-state index in [1.54, 1.807) is 0 Å². The van der Waals surface area contributed by atoms with Crippen LogP contribution in [0, 0.1) is 168 Å². The molecule has 8 rings (SSSR count). The van der Waals surface area contributed by atoms with Crippen molar-refractivity contribution >= 4 is 48.5 Å². The second-order valence-electron chi connectivity index (χ2n) is 28.2. The van der Waals surface area contributed by atoms with Crippen LogP contribution in [-0.2, 0) is 58.0 Å². The SMILES string of the molecule is Cc1c(C)c(C)c(C(=O)OOC(=O)OC2CCC(C(C3CCC(OC(=O)OOC(=O)c4c(C)c(C)c(C)c(C)c4C)CC3)(C3CCC(OC(=O)OOC(=O)c4c(C)c(C)c(C)c(C)c4C)CC3)C3CCC(OC(=O)OOC(=O)c4c(C)c(C)c(C)c(C)c4C)CC3)CC2)c(C)c1C. The van der Waals surface area contributed by atoms with Crippen molar-refractivity contribution in [3.63, 3.8) is 0 Å². The van der Waals surface area contributed by atoms with Crippen LogP contribution < -0.4 is 0 Å². The molecule has 0 atom stereocenters. The Morgan fingerprint density at radius 2 is 0.340 bits per heavy atom. The lowest BCUT2D eigenvalue weighted by Gasteiger charge is -2.60. The van der Waals surface area contributed by atoms with Crippen molar-refractivity contribution in [2.24, 2.45) is 29.1 Å². The summed E-state index contributed by atoms with van der Waals surface area (Å²) in [6.07, 6.45) is 1.89. The molecule has 4 aliphatic rings. The Morgan fingerprint density at radius 1 is 0.206 bits per heavy atom. The molecule has 528 valence electrons. The summed E-state index contributed by atoms with van der Waals surface area (Å²) < 4.78 is 23.6. The van der Waals surface area contributed by atoms with Crippen LogP contribution in [0.25, 0.3) is 0 Å². The Labute approximate surface area is 570 Å². The van der Waals surface area contributed by atoms with Crippen LogP contribution in [0.15, 0.2) is 0 Å². The second-order valence-corrected chi connectivity index (χ2v) is 28.2. The smallest absolute Gasteiger partial charge is 0.428 e. The van der Waals surface area contributed by atoms with Crippen LogP contribution in [0.4, 0.5) is 19.2 Å². The molecule has 4 saturated carbocycles. The fourth-order valence-corrected chi connectivity index (χ4v) is 17.0. The minimum atomic E-state index is -1.13. The van der Waals surface area contributed by atoms with Crippen molar-refractivity contribution in [1.29, 1.82) is 0 Å². The van der Waals surface area contributed by atoms with Gasteiger partial charge in [-0.2, -0.15) is 19.2 Å². The zero-order valence-corrected chi connectivity index (χ0v) is 60.6. The number of carbonyl (C=O) groups is 8. The maximum absolute atomic E-state index is 13.5. The molecule has 0 aromatic heterocycles. The molecule has 0 N–H and O–H groups in total. The third-order valence-corrected chi connectivity index (χ3v) is 24.1. The summed E-state index contributed by atoms with van der Waals surface area (Å²) in [4.78, 5) is 148. The number of hydrogen-bond acceptors (Lipinski definition) is 20. The minimum Gasteiger partial charge on any atom is -0.428 e. The molecule has 97 heavy (non-hydrogen) atoms. The summed E-state index contributed by atoms with van der Waals surface area (Å²) in [6.45, 7) is 38.0. The summed E-state index contributed by atoms with van der Waals surface area (Å²) in [5, 5.41) is 0. The van der Waals surface area contributed by atoms with Crippen molar-refractivity contribution in [3.05, 3.63) is 134 Å². The minimum absolute atomic E-state index is 0.0357. The predicted octanol–water partition coefficient (Wildman–Crippen LogP) is 18.1. The van der Waals surface area contributed by atoms with E-state index in [9.17, 15) is 38.4 Å². The van der Waals surface area contributed by atoms with Gasteiger partial charge in [-0.25, -0.2) is 58.3 Å². The largest absolute Gasteiger partial charge is 0.550 e. The molecule has 4 aromatic rings. The van der Waals surface area contributed by atoms with E-state index in [-0.39, 0.29) is 23.7 Å². The normalized spacial score (nSPS) is 21.6. The Balaban J connectivity index is 1.02. The Morgan fingerprint density at radius 3 is 0.485 bits per heavy atom. The third-order valence-electron chi connectivity index (χ3n) is 24.1. The van der Waals surface area contributed by atoms with Crippen LogP contribution in [0.2, 0.25) is 0 Å². The average Bonchev–Trinajstić information content (AvgIpc) is 0.731. The Hall–Kier alpha value is -8.16. The Bertz CT molecular complexity index is 3130. The van der Waals surface area contributed by atoms with Gasteiger partial charge in [0.25, 0.3) is 0 Å². The highest BCUT2D eigenvalue weighted by Gasteiger charge is 2.57. The maximum Gasteiger partial charge on any atom is 0.550 e. The highest BCUT2D eigenvalue weighted by molar-refractivity contribution is 5.96. The van der Waals surface area contributed by atoms with Gasteiger partial charge in [0.2, 0.25) is 0 Å². The topological polar surface area (TPSA) is 247 Å². The van der Waals surface area contributed by atoms with Crippen LogP contribution >= 0.6 is 0 Å². The number of hydrogen-bond donors (Lipinski definition) is 0. The first kappa shape index (κ1) is 74.6. The van der Waals surface area contributed by atoms with Crippen molar-refractivity contribution in [2.75, 3.05) is 0 Å². The van der Waals surface area contributed by atoms with E-state index in [0.717, 1.165) is 111 Å². The van der Waals surface area contributed by atoms with Crippen LogP contribution in [0.1, 0.15) is 255 Å². The molecular weight excluding hydrogens is 1240 g/mol. The van der Waals surface area contributed by atoms with Crippen molar-refractivity contribution in [2.45, 2.75) is 266 Å². The molecule has 0 saturated heterocycles. The standard InChI is InChI=1S/C77H100O20/c1-37-41(5)49(13)65(50(14)42(37)6)69(78)90-94-73(82)86-61-29-21-57(22-30-61)77(58-23-31-62(32-24-58)87-74(83)95-91-70(79)66-51(15)43(7)38(2)44(8)52(66)16,59-25-33-63(34-26-59)88-75(84)96-92-71(80)67-53(17)45(9)39(3)46(10)54(67)18)60-27-35-64(36-28-60)89-76(85)97-93-72(81)68-55(19)47(11)40(4)48(12)56(68)20/h57-64H,21-36H2,1-20H3. The summed E-state index contributed by atoms with van der Waals surface area (Å²) in [6, 6.07) is 0. The van der Waals surface area contributed by atoms with Gasteiger partial charge in [-0.3, -0.25) is 0 Å². The van der Waals surface area contributed by atoms with Gasteiger partial charge in [0, 0.05) is 0 Å². The van der Waals surface area contributed by atoms with E-state index in [4.69, 9.17) is 58.0 Å². The van der Waals surface area contributed by atoms with E-state index < -0.39 is 78.3 Å². The fraction of sp³-hybridized carbons (Fsp3) is 0.584. The van der Waals surface area contributed by atoms with Crippen molar-refractivity contribution in [3.8, 4) is 0 Å². The number of benzene rings is 4. The molecular formula is C77H100O20. The maximum atomic E-state index is 13.5. The lowest BCUT2D eigenvalue weighted by molar-refractivity contribution is -0.213. The van der Waals surface area contributed by atoms with Crippen LogP contribution in [0.3, 0.4) is 0 Å². The first-order valence-electron chi connectivity index (χ1n) is 34.4. The molecule has 4 aliphatic carbocycles. The van der Waals surface area contributed by atoms with Gasteiger partial charge < -0.3 is 18.9 Å². The lowest BCUT2D eigenvalue weighted by Crippen LogP contribution is -2.54. The molecule has 0 spiro atoms. The van der Waals surface area contributed by atoms with Gasteiger partial charge >= 0.3 is 48.5 Å². The Kier molecular flexibility index (Phi) is 24.0. The molecule has 4 aromatic carbocycles. The van der Waals surface area contributed by atoms with Gasteiger partial charge in [0.15, 0.2) is 0 Å². The van der Waals surface area contributed by atoms with E-state index in [1.165, 1.54) is 0 Å².